The molecule has 22 rings (SSSR count). The molecule has 0 N–H and O–H groups in total. The van der Waals surface area contributed by atoms with Gasteiger partial charge in [-0.1, -0.05) is 376 Å². The van der Waals surface area contributed by atoms with Crippen molar-refractivity contribution in [3.05, 3.63) is 507 Å². The number of hydrogen-bond donors (Lipinski definition) is 0. The second-order valence-corrected chi connectivity index (χ2v) is 32.9. The van der Waals surface area contributed by atoms with Crippen LogP contribution >= 0.6 is 0 Å². The third-order valence-corrected chi connectivity index (χ3v) is 26.0. The molecule has 2 heteroatoms. The lowest BCUT2D eigenvalue weighted by Crippen LogP contribution is -2.22. The van der Waals surface area contributed by atoms with Gasteiger partial charge < -0.3 is 9.80 Å². The number of nitrogens with zero attached hydrogens (tertiary/aromatic N) is 2. The van der Waals surface area contributed by atoms with Crippen molar-refractivity contribution in [3.63, 3.8) is 0 Å². The normalized spacial score (nSPS) is 14.2. The van der Waals surface area contributed by atoms with Crippen LogP contribution < -0.4 is 9.80 Å². The smallest absolute Gasteiger partial charge is 0.0540 e. The van der Waals surface area contributed by atoms with E-state index < -0.39 is 0 Å². The van der Waals surface area contributed by atoms with Gasteiger partial charge in [0.15, 0.2) is 0 Å². The Morgan fingerprint density at radius 3 is 0.926 bits per heavy atom. The average Bonchev–Trinajstić information content (AvgIpc) is 1.56. The average molecular weight is 1550 g/mol. The minimum Gasteiger partial charge on any atom is -0.310 e. The summed E-state index contributed by atoms with van der Waals surface area (Å²) in [6.07, 6.45) is 0. The summed E-state index contributed by atoms with van der Waals surface area (Å²) in [6, 6.07) is 175. The summed E-state index contributed by atoms with van der Waals surface area (Å²) < 4.78 is 0. The van der Waals surface area contributed by atoms with E-state index in [1.807, 2.05) is 0 Å². The van der Waals surface area contributed by atoms with E-state index in [1.54, 1.807) is 0 Å². The van der Waals surface area contributed by atoms with Gasteiger partial charge in [-0.25, -0.2) is 0 Å². The SMILES string of the molecule is CC1(c2ccccc2)c2ccccc2-c2c(-c3ccc(N(c4ccc(-c5ccc(-c6ccc7cc(-c8cccc(-c9cccc(-c%10cccc(N(c%11ccc(-c%12cccc%13c%12-c%12ccccc%12C%13(C)c%12ccccc%12)cc%11)c%11cccc%12ccccc%11%12)c%10)c9)c8)ccc7c6)cc5)cc4)c4cccc(-c5cccc(-c6ccccc6)c5)c4)cc3)cccc21. The van der Waals surface area contributed by atoms with Gasteiger partial charge in [-0.05, 0) is 283 Å². The molecule has 0 saturated carbocycles. The van der Waals surface area contributed by atoms with Crippen LogP contribution in [0.1, 0.15) is 47.2 Å². The van der Waals surface area contributed by atoms with E-state index in [9.17, 15) is 0 Å². The largest absolute Gasteiger partial charge is 0.310 e. The Morgan fingerprint density at radius 2 is 0.451 bits per heavy atom. The first kappa shape index (κ1) is 72.9. The number of anilines is 6. The highest BCUT2D eigenvalue weighted by atomic mass is 15.1. The first-order chi connectivity index (χ1) is 60.2. The molecule has 2 aliphatic carbocycles. The summed E-state index contributed by atoms with van der Waals surface area (Å²) in [7, 11) is 0. The van der Waals surface area contributed by atoms with Crippen LogP contribution in [0.2, 0.25) is 0 Å². The van der Waals surface area contributed by atoms with Crippen molar-refractivity contribution in [1.82, 2.24) is 0 Å². The molecule has 2 atom stereocenters. The van der Waals surface area contributed by atoms with Gasteiger partial charge in [0.1, 0.15) is 0 Å². The van der Waals surface area contributed by atoms with Crippen molar-refractivity contribution >= 4 is 55.7 Å². The molecule has 2 nitrogen and oxygen atoms in total. The third kappa shape index (κ3) is 12.8. The molecule has 0 amide bonds. The Kier molecular flexibility index (Phi) is 18.2. The summed E-state index contributed by atoms with van der Waals surface area (Å²) in [5, 5.41) is 4.79. The predicted octanol–water partition coefficient (Wildman–Crippen LogP) is 32.6. The Balaban J connectivity index is 0.524. The summed E-state index contributed by atoms with van der Waals surface area (Å²) in [5.41, 5.74) is 40.4. The number of hydrogen-bond acceptors (Lipinski definition) is 2. The molecule has 0 fully saturated rings. The molecular weight excluding hydrogens is 1470 g/mol. The fourth-order valence-electron chi connectivity index (χ4n) is 19.8. The quantitative estimate of drug-likeness (QED) is 0.0896. The molecule has 0 bridgehead atoms. The molecule has 0 spiro atoms. The van der Waals surface area contributed by atoms with Crippen LogP contribution in [0, 0.1) is 0 Å². The number of fused-ring (bicyclic) bond motifs is 8. The molecule has 574 valence electrons. The molecule has 0 aromatic heterocycles. The first-order valence-electron chi connectivity index (χ1n) is 42.4. The van der Waals surface area contributed by atoms with Crippen molar-refractivity contribution in [2.75, 3.05) is 9.80 Å². The predicted molar refractivity (Wildman–Crippen MR) is 515 cm³/mol. The van der Waals surface area contributed by atoms with Gasteiger partial charge in [0.05, 0.1) is 5.69 Å². The lowest BCUT2D eigenvalue weighted by Gasteiger charge is -2.28. The molecule has 0 heterocycles. The highest BCUT2D eigenvalue weighted by molar-refractivity contribution is 6.02. The maximum atomic E-state index is 2.43. The van der Waals surface area contributed by atoms with E-state index in [1.165, 1.54) is 144 Å². The molecule has 2 aliphatic rings. The van der Waals surface area contributed by atoms with Crippen LogP contribution in [-0.2, 0) is 10.8 Å². The summed E-state index contributed by atoms with van der Waals surface area (Å²) in [5.74, 6) is 0. The molecule has 2 unspecified atom stereocenters. The standard InChI is InChI=1S/C120H84N2/c1-119(100-38-8-4-9-39-100)112-49-16-14-45-110(112)117-108(47-24-51-114(117)119)86-64-70-103(71-65-86)121(105-42-21-36-94(79-105)91-33-18-30-88(74-91)81-26-6-3-7-27-81)102-68-62-83(63-69-102)82-54-56-84(57-55-82)96-58-59-99-78-97(60-61-98(99)77-96)93-35-20-32-90(76-93)89-31-19-34-92(75-89)95-37-22-43-106(80-95)122(116-53-23-29-85-28-12-13-44-107(85)116)104-72-66-87(67-73-104)109-48-25-52-115-118(109)111-46-15-17-50-113(111)120(115,2)101-40-10-5-11-41-101/h3-80H,1-2H3. The Labute approximate surface area is 714 Å². The summed E-state index contributed by atoms with van der Waals surface area (Å²) in [6.45, 7) is 4.78. The minimum absolute atomic E-state index is 0.277. The van der Waals surface area contributed by atoms with E-state index in [2.05, 4.69) is 497 Å². The topological polar surface area (TPSA) is 6.48 Å². The first-order valence-corrected chi connectivity index (χ1v) is 42.4. The number of rotatable bonds is 17. The van der Waals surface area contributed by atoms with E-state index in [0.717, 1.165) is 67.5 Å². The monoisotopic (exact) mass is 1550 g/mol. The maximum absolute atomic E-state index is 2.43. The summed E-state index contributed by atoms with van der Waals surface area (Å²) in [4.78, 5) is 4.83. The van der Waals surface area contributed by atoms with Crippen molar-refractivity contribution in [2.24, 2.45) is 0 Å². The van der Waals surface area contributed by atoms with Crippen LogP contribution in [0.5, 0.6) is 0 Å². The number of benzene rings is 20. The Hall–Kier alpha value is -15.5. The third-order valence-electron chi connectivity index (χ3n) is 26.0. The zero-order valence-electron chi connectivity index (χ0n) is 67.9. The fourth-order valence-corrected chi connectivity index (χ4v) is 19.8. The van der Waals surface area contributed by atoms with Crippen LogP contribution in [0.4, 0.5) is 34.1 Å². The fraction of sp³-hybridized carbons (Fsp3) is 0.0333. The van der Waals surface area contributed by atoms with Crippen molar-refractivity contribution in [3.8, 4) is 122 Å². The van der Waals surface area contributed by atoms with Crippen LogP contribution in [0.3, 0.4) is 0 Å². The lowest BCUT2D eigenvalue weighted by atomic mass is 9.74. The molecular formula is C120H84N2. The van der Waals surface area contributed by atoms with Gasteiger partial charge in [0.2, 0.25) is 0 Å². The highest BCUT2D eigenvalue weighted by Crippen LogP contribution is 2.58. The molecule has 20 aromatic carbocycles. The van der Waals surface area contributed by atoms with Gasteiger partial charge in [0, 0.05) is 44.7 Å². The van der Waals surface area contributed by atoms with E-state index >= 15 is 0 Å². The Morgan fingerprint density at radius 1 is 0.164 bits per heavy atom. The van der Waals surface area contributed by atoms with E-state index in [0.29, 0.717) is 0 Å². The van der Waals surface area contributed by atoms with Gasteiger partial charge in [0.25, 0.3) is 0 Å². The van der Waals surface area contributed by atoms with Gasteiger partial charge >= 0.3 is 0 Å². The highest BCUT2D eigenvalue weighted by Gasteiger charge is 2.43. The van der Waals surface area contributed by atoms with E-state index in [-0.39, 0.29) is 10.8 Å². The molecule has 20 aromatic rings. The molecule has 0 saturated heterocycles. The maximum Gasteiger partial charge on any atom is 0.0540 e. The van der Waals surface area contributed by atoms with Crippen LogP contribution in [0.15, 0.2) is 473 Å². The van der Waals surface area contributed by atoms with Crippen molar-refractivity contribution in [2.45, 2.75) is 24.7 Å². The van der Waals surface area contributed by atoms with Gasteiger partial charge in [-0.2, -0.15) is 0 Å². The Bertz CT molecular complexity index is 7370. The van der Waals surface area contributed by atoms with E-state index in [4.69, 9.17) is 0 Å². The molecule has 0 radical (unpaired) electrons. The van der Waals surface area contributed by atoms with Gasteiger partial charge in [-0.3, -0.25) is 0 Å². The second kappa shape index (κ2) is 30.5. The second-order valence-electron chi connectivity index (χ2n) is 32.9. The van der Waals surface area contributed by atoms with Gasteiger partial charge in [-0.15, -0.1) is 0 Å². The van der Waals surface area contributed by atoms with Crippen molar-refractivity contribution in [1.29, 1.82) is 0 Å². The zero-order chi connectivity index (χ0) is 81.2. The van der Waals surface area contributed by atoms with Crippen molar-refractivity contribution < 1.29 is 0 Å². The molecule has 0 aliphatic heterocycles. The van der Waals surface area contributed by atoms with Crippen LogP contribution in [0.25, 0.3) is 144 Å². The minimum atomic E-state index is -0.283. The lowest BCUT2D eigenvalue weighted by molar-refractivity contribution is 0.714. The van der Waals surface area contributed by atoms with Crippen LogP contribution in [-0.4, -0.2) is 0 Å². The zero-order valence-corrected chi connectivity index (χ0v) is 67.9. The molecule has 122 heavy (non-hydrogen) atoms. The summed E-state index contributed by atoms with van der Waals surface area (Å²) >= 11 is 0.